The van der Waals surface area contributed by atoms with E-state index in [1.807, 2.05) is 54.6 Å². The smallest absolute Gasteiger partial charge is 0.263 e. The highest BCUT2D eigenvalue weighted by Gasteiger charge is 2.19. The van der Waals surface area contributed by atoms with Gasteiger partial charge in [-0.3, -0.25) is 4.79 Å². The Morgan fingerprint density at radius 3 is 2.61 bits per heavy atom. The van der Waals surface area contributed by atoms with E-state index in [1.165, 1.54) is 0 Å². The summed E-state index contributed by atoms with van der Waals surface area (Å²) in [5, 5.41) is 6.63. The van der Waals surface area contributed by atoms with E-state index >= 15 is 0 Å². The van der Waals surface area contributed by atoms with E-state index < -0.39 is 0 Å². The molecule has 146 valence electrons. The van der Waals surface area contributed by atoms with Gasteiger partial charge in [0.05, 0.1) is 18.5 Å². The zero-order valence-electron chi connectivity index (χ0n) is 15.6. The molecule has 0 unspecified atom stereocenters. The van der Waals surface area contributed by atoms with E-state index in [2.05, 4.69) is 10.6 Å². The van der Waals surface area contributed by atoms with Crippen LogP contribution >= 0.6 is 12.4 Å². The summed E-state index contributed by atoms with van der Waals surface area (Å²) in [7, 11) is 1.65. The largest absolute Gasteiger partial charge is 0.497 e. The second kappa shape index (κ2) is 8.91. The molecule has 1 aliphatic heterocycles. The molecule has 2 N–H and O–H groups in total. The van der Waals surface area contributed by atoms with Crippen LogP contribution in [0.4, 0.5) is 5.95 Å². The number of benzene rings is 2. The highest BCUT2D eigenvalue weighted by atomic mass is 35.5. The molecule has 2 aromatic carbocycles. The van der Waals surface area contributed by atoms with Crippen molar-refractivity contribution in [1.82, 2.24) is 14.9 Å². The number of fused-ring (bicyclic) bond motifs is 1. The number of halogens is 1. The third-order valence-corrected chi connectivity index (χ3v) is 4.73. The van der Waals surface area contributed by atoms with Crippen molar-refractivity contribution in [2.45, 2.75) is 19.5 Å². The molecule has 0 atom stereocenters. The molecule has 1 aromatic heterocycles. The quantitative estimate of drug-likeness (QED) is 0.691. The molecular formula is C21H23ClN4O2. The van der Waals surface area contributed by atoms with Gasteiger partial charge < -0.3 is 15.4 Å². The summed E-state index contributed by atoms with van der Waals surface area (Å²) in [6.07, 6.45) is 0.701. The summed E-state index contributed by atoms with van der Waals surface area (Å²) >= 11 is 0. The van der Waals surface area contributed by atoms with E-state index in [0.29, 0.717) is 25.5 Å². The van der Waals surface area contributed by atoms with Gasteiger partial charge in [0.2, 0.25) is 5.95 Å². The van der Waals surface area contributed by atoms with Crippen molar-refractivity contribution in [2.75, 3.05) is 19.0 Å². The summed E-state index contributed by atoms with van der Waals surface area (Å²) in [6.45, 7) is 1.99. The van der Waals surface area contributed by atoms with Crippen molar-refractivity contribution in [3.8, 4) is 11.4 Å². The van der Waals surface area contributed by atoms with Gasteiger partial charge in [-0.2, -0.15) is 0 Å². The van der Waals surface area contributed by atoms with Crippen molar-refractivity contribution in [3.05, 3.63) is 81.8 Å². The van der Waals surface area contributed by atoms with E-state index in [9.17, 15) is 4.79 Å². The van der Waals surface area contributed by atoms with Crippen molar-refractivity contribution in [3.63, 3.8) is 0 Å². The fourth-order valence-electron chi connectivity index (χ4n) is 3.28. The van der Waals surface area contributed by atoms with Crippen LogP contribution in [0.2, 0.25) is 0 Å². The molecule has 0 aliphatic carbocycles. The minimum Gasteiger partial charge on any atom is -0.497 e. The van der Waals surface area contributed by atoms with Gasteiger partial charge in [-0.15, -0.1) is 12.4 Å². The van der Waals surface area contributed by atoms with Gasteiger partial charge in [-0.05, 0) is 42.8 Å². The lowest BCUT2D eigenvalue weighted by molar-refractivity contribution is 0.414. The van der Waals surface area contributed by atoms with Crippen molar-refractivity contribution < 1.29 is 4.74 Å². The standard InChI is InChI=1S/C21H22N4O2.ClH/c1-27-17-9-7-15(8-10-17)13-23-21-24-19-14-22-12-11-18(19)20(26)25(21)16-5-3-2-4-6-16;/h2-10,22H,11-14H2,1H3,(H,23,24);1H. The Morgan fingerprint density at radius 2 is 1.89 bits per heavy atom. The van der Waals surface area contributed by atoms with Gasteiger partial charge in [-0.25, -0.2) is 9.55 Å². The van der Waals surface area contributed by atoms with Gasteiger partial charge in [0, 0.05) is 18.7 Å². The van der Waals surface area contributed by atoms with Gasteiger partial charge in [0.1, 0.15) is 5.75 Å². The van der Waals surface area contributed by atoms with Crippen LogP contribution in [0.1, 0.15) is 16.8 Å². The first-order valence-electron chi connectivity index (χ1n) is 9.04. The maximum Gasteiger partial charge on any atom is 0.263 e. The number of rotatable bonds is 5. The molecule has 0 saturated heterocycles. The predicted molar refractivity (Wildman–Crippen MR) is 113 cm³/mol. The molecule has 6 nitrogen and oxygen atoms in total. The fraction of sp³-hybridized carbons (Fsp3) is 0.238. The van der Waals surface area contributed by atoms with E-state index in [-0.39, 0.29) is 18.0 Å². The Kier molecular flexibility index (Phi) is 6.34. The van der Waals surface area contributed by atoms with Gasteiger partial charge in [0.15, 0.2) is 0 Å². The number of hydrogen-bond acceptors (Lipinski definition) is 5. The van der Waals surface area contributed by atoms with Crippen LogP contribution in [0.5, 0.6) is 5.75 Å². The lowest BCUT2D eigenvalue weighted by atomic mass is 10.1. The summed E-state index contributed by atoms with van der Waals surface area (Å²) in [5.41, 5.74) is 3.53. The first-order chi connectivity index (χ1) is 13.3. The van der Waals surface area contributed by atoms with E-state index in [4.69, 9.17) is 9.72 Å². The number of ether oxygens (including phenoxy) is 1. The second-order valence-corrected chi connectivity index (χ2v) is 6.47. The molecule has 0 bridgehead atoms. The van der Waals surface area contributed by atoms with E-state index in [0.717, 1.165) is 34.8 Å². The Morgan fingerprint density at radius 1 is 1.14 bits per heavy atom. The summed E-state index contributed by atoms with van der Waals surface area (Å²) in [6, 6.07) is 17.5. The summed E-state index contributed by atoms with van der Waals surface area (Å²) in [5.74, 6) is 1.38. The van der Waals surface area contributed by atoms with Crippen molar-refractivity contribution >= 4 is 18.4 Å². The third kappa shape index (κ3) is 4.03. The molecule has 1 aliphatic rings. The first kappa shape index (κ1) is 19.9. The SMILES string of the molecule is COc1ccc(CNc2nc3c(c(=O)n2-c2ccccc2)CCNC3)cc1.Cl. The number of para-hydroxylation sites is 1. The monoisotopic (exact) mass is 398 g/mol. The highest BCUT2D eigenvalue weighted by Crippen LogP contribution is 2.18. The number of hydrogen-bond donors (Lipinski definition) is 2. The highest BCUT2D eigenvalue weighted by molar-refractivity contribution is 5.85. The minimum atomic E-state index is 0. The molecule has 4 rings (SSSR count). The molecule has 28 heavy (non-hydrogen) atoms. The lowest BCUT2D eigenvalue weighted by Crippen LogP contribution is -2.35. The van der Waals surface area contributed by atoms with E-state index in [1.54, 1.807) is 11.7 Å². The molecule has 3 aromatic rings. The lowest BCUT2D eigenvalue weighted by Gasteiger charge is -2.21. The van der Waals surface area contributed by atoms with Crippen molar-refractivity contribution in [1.29, 1.82) is 0 Å². The first-order valence-corrected chi connectivity index (χ1v) is 9.04. The number of nitrogens with one attached hydrogen (secondary N) is 2. The van der Waals surface area contributed by atoms with Crippen LogP contribution in [0.25, 0.3) is 5.69 Å². The molecular weight excluding hydrogens is 376 g/mol. The normalized spacial score (nSPS) is 12.6. The maximum atomic E-state index is 13.2. The topological polar surface area (TPSA) is 68.2 Å². The fourth-order valence-corrected chi connectivity index (χ4v) is 3.28. The molecule has 0 radical (unpaired) electrons. The number of aromatic nitrogens is 2. The van der Waals surface area contributed by atoms with Gasteiger partial charge in [0.25, 0.3) is 5.56 Å². The summed E-state index contributed by atoms with van der Waals surface area (Å²) in [4.78, 5) is 17.9. The molecule has 0 saturated carbocycles. The Balaban J connectivity index is 0.00000225. The zero-order valence-corrected chi connectivity index (χ0v) is 16.5. The number of anilines is 1. The molecule has 0 spiro atoms. The Labute approximate surface area is 170 Å². The van der Waals surface area contributed by atoms with Crippen molar-refractivity contribution in [2.24, 2.45) is 0 Å². The van der Waals surface area contributed by atoms with Crippen LogP contribution < -0.4 is 20.9 Å². The molecule has 7 heteroatoms. The predicted octanol–water partition coefficient (Wildman–Crippen LogP) is 2.92. The molecule has 0 amide bonds. The zero-order chi connectivity index (χ0) is 18.6. The molecule has 0 fully saturated rings. The third-order valence-electron chi connectivity index (χ3n) is 4.73. The second-order valence-electron chi connectivity index (χ2n) is 6.47. The average Bonchev–Trinajstić information content (AvgIpc) is 2.73. The Bertz CT molecular complexity index is 988. The minimum absolute atomic E-state index is 0. The number of methoxy groups -OCH3 is 1. The van der Waals surface area contributed by atoms with Gasteiger partial charge in [-0.1, -0.05) is 30.3 Å². The molecule has 2 heterocycles. The maximum absolute atomic E-state index is 13.2. The van der Waals surface area contributed by atoms with Crippen LogP contribution in [0, 0.1) is 0 Å². The van der Waals surface area contributed by atoms with Crippen LogP contribution in [0.3, 0.4) is 0 Å². The Hall–Kier alpha value is -2.83. The van der Waals surface area contributed by atoms with Crippen LogP contribution in [0.15, 0.2) is 59.4 Å². The number of nitrogens with zero attached hydrogens (tertiary/aromatic N) is 2. The van der Waals surface area contributed by atoms with Crippen LogP contribution in [-0.2, 0) is 19.5 Å². The van der Waals surface area contributed by atoms with Crippen LogP contribution in [-0.4, -0.2) is 23.2 Å². The average molecular weight is 399 g/mol. The summed E-state index contributed by atoms with van der Waals surface area (Å²) < 4.78 is 6.88. The van der Waals surface area contributed by atoms with Gasteiger partial charge >= 0.3 is 0 Å².